The molecule has 0 aliphatic carbocycles. The van der Waals surface area contributed by atoms with Crippen molar-refractivity contribution in [3.05, 3.63) is 101 Å². The Labute approximate surface area is 168 Å². The van der Waals surface area contributed by atoms with Crippen molar-refractivity contribution in [2.45, 2.75) is 18.6 Å². The molecule has 3 aromatic rings. The molecular weight excluding hydrogens is 396 g/mol. The van der Waals surface area contributed by atoms with Gasteiger partial charge in [-0.25, -0.2) is 17.6 Å². The van der Waals surface area contributed by atoms with Crippen LogP contribution in [-0.2, 0) is 0 Å². The molecule has 0 aliphatic rings. The quantitative estimate of drug-likeness (QED) is 0.306. The minimum absolute atomic E-state index is 0.0357. The van der Waals surface area contributed by atoms with E-state index in [2.05, 4.69) is 0 Å². The van der Waals surface area contributed by atoms with E-state index in [-0.39, 0.29) is 11.3 Å². The molecule has 1 unspecified atom stereocenters. The SMILES string of the molecule is C[SiH](C)C(/C(F)=C(\F)c1ccc(F)cc1)c1ccc(F)c(Oc2ccccc2)c1. The number of rotatable bonds is 6. The Balaban J connectivity index is 1.99. The highest BCUT2D eigenvalue weighted by molar-refractivity contribution is 6.58. The van der Waals surface area contributed by atoms with Gasteiger partial charge in [0.25, 0.3) is 0 Å². The fraction of sp³-hybridized carbons (Fsp3) is 0.130. The molecular formula is C23H20F4OSi. The summed E-state index contributed by atoms with van der Waals surface area (Å²) >= 11 is 0. The predicted octanol–water partition coefficient (Wildman–Crippen LogP) is 7.17. The van der Waals surface area contributed by atoms with Crippen molar-refractivity contribution < 1.29 is 22.3 Å². The molecule has 0 saturated carbocycles. The average Bonchev–Trinajstić information content (AvgIpc) is 2.71. The molecule has 0 heterocycles. The second-order valence-corrected chi connectivity index (χ2v) is 10.2. The first kappa shape index (κ1) is 20.9. The van der Waals surface area contributed by atoms with Gasteiger partial charge in [0.1, 0.15) is 17.4 Å². The van der Waals surface area contributed by atoms with Gasteiger partial charge in [0, 0.05) is 19.9 Å². The third kappa shape index (κ3) is 4.95. The summed E-state index contributed by atoms with van der Waals surface area (Å²) < 4.78 is 62.9. The summed E-state index contributed by atoms with van der Waals surface area (Å²) in [4.78, 5) is 0. The molecule has 0 spiro atoms. The summed E-state index contributed by atoms with van der Waals surface area (Å²) in [6.07, 6.45) is 0. The van der Waals surface area contributed by atoms with Crippen molar-refractivity contribution in [2.24, 2.45) is 0 Å². The molecule has 1 atom stereocenters. The normalized spacial score (nSPS) is 13.2. The first-order valence-corrected chi connectivity index (χ1v) is 12.2. The van der Waals surface area contributed by atoms with Gasteiger partial charge in [-0.3, -0.25) is 0 Å². The lowest BCUT2D eigenvalue weighted by Gasteiger charge is -2.20. The number of hydrogen-bond acceptors (Lipinski definition) is 1. The van der Waals surface area contributed by atoms with Crippen LogP contribution >= 0.6 is 0 Å². The summed E-state index contributed by atoms with van der Waals surface area (Å²) in [5, 5.41) is 0. The van der Waals surface area contributed by atoms with Gasteiger partial charge >= 0.3 is 0 Å². The molecule has 0 N–H and O–H groups in total. The predicted molar refractivity (Wildman–Crippen MR) is 110 cm³/mol. The van der Waals surface area contributed by atoms with E-state index in [1.165, 1.54) is 30.3 Å². The van der Waals surface area contributed by atoms with Crippen LogP contribution in [0.4, 0.5) is 17.6 Å². The minimum atomic E-state index is -1.81. The van der Waals surface area contributed by atoms with Crippen LogP contribution < -0.4 is 4.74 Å². The third-order valence-corrected chi connectivity index (χ3v) is 6.54. The topological polar surface area (TPSA) is 9.23 Å². The monoisotopic (exact) mass is 416 g/mol. The summed E-state index contributed by atoms with van der Waals surface area (Å²) in [6, 6.07) is 17.3. The van der Waals surface area contributed by atoms with Gasteiger partial charge in [0.2, 0.25) is 0 Å². The Morgan fingerprint density at radius 3 is 2.14 bits per heavy atom. The minimum Gasteiger partial charge on any atom is -0.454 e. The van der Waals surface area contributed by atoms with E-state index in [1.807, 2.05) is 13.1 Å². The van der Waals surface area contributed by atoms with Crippen LogP contribution in [0.3, 0.4) is 0 Å². The first-order valence-electron chi connectivity index (χ1n) is 9.20. The molecule has 0 fully saturated rings. The van der Waals surface area contributed by atoms with Gasteiger partial charge in [-0.2, -0.15) is 0 Å². The molecule has 0 aliphatic heterocycles. The van der Waals surface area contributed by atoms with E-state index >= 15 is 4.39 Å². The molecule has 29 heavy (non-hydrogen) atoms. The van der Waals surface area contributed by atoms with Crippen LogP contribution in [-0.4, -0.2) is 8.80 Å². The van der Waals surface area contributed by atoms with Crippen molar-refractivity contribution in [3.8, 4) is 11.5 Å². The summed E-state index contributed by atoms with van der Waals surface area (Å²) in [5.74, 6) is -2.71. The van der Waals surface area contributed by atoms with Crippen molar-refractivity contribution in [1.82, 2.24) is 0 Å². The van der Waals surface area contributed by atoms with Gasteiger partial charge in [-0.15, -0.1) is 0 Å². The smallest absolute Gasteiger partial charge is 0.165 e. The van der Waals surface area contributed by atoms with E-state index in [9.17, 15) is 13.2 Å². The molecule has 150 valence electrons. The largest absolute Gasteiger partial charge is 0.454 e. The molecule has 0 saturated heterocycles. The van der Waals surface area contributed by atoms with Crippen molar-refractivity contribution in [1.29, 1.82) is 0 Å². The van der Waals surface area contributed by atoms with E-state index in [4.69, 9.17) is 4.74 Å². The van der Waals surface area contributed by atoms with Crippen LogP contribution in [0.15, 0.2) is 78.6 Å². The zero-order valence-electron chi connectivity index (χ0n) is 16.0. The van der Waals surface area contributed by atoms with E-state index in [0.717, 1.165) is 12.1 Å². The summed E-state index contributed by atoms with van der Waals surface area (Å²) in [5.41, 5.74) is -0.418. The Morgan fingerprint density at radius 2 is 1.52 bits per heavy atom. The highest BCUT2D eigenvalue weighted by atomic mass is 28.3. The van der Waals surface area contributed by atoms with Gasteiger partial charge in [-0.05, 0) is 54.1 Å². The Bertz CT molecular complexity index is 1000. The standard InChI is InChI=1S/C23H20F4OSi/c1-29(2)23(22(27)21(26)15-8-11-17(24)12-9-15)16-10-13-19(25)20(14-16)28-18-6-4-3-5-7-18/h3-14,23,29H,1-2H3/b22-21+. The molecule has 0 aromatic heterocycles. The lowest BCUT2D eigenvalue weighted by Crippen LogP contribution is -2.18. The van der Waals surface area contributed by atoms with Crippen molar-refractivity contribution in [2.75, 3.05) is 0 Å². The zero-order chi connectivity index (χ0) is 21.0. The fourth-order valence-electron chi connectivity index (χ4n) is 3.10. The number of benzene rings is 3. The van der Waals surface area contributed by atoms with Gasteiger partial charge in [0.05, 0.1) is 0 Å². The highest BCUT2D eigenvalue weighted by Gasteiger charge is 2.27. The zero-order valence-corrected chi connectivity index (χ0v) is 17.2. The maximum Gasteiger partial charge on any atom is 0.165 e. The van der Waals surface area contributed by atoms with Crippen molar-refractivity contribution in [3.63, 3.8) is 0 Å². The molecule has 0 amide bonds. The van der Waals surface area contributed by atoms with E-state index in [0.29, 0.717) is 11.3 Å². The molecule has 0 radical (unpaired) electrons. The number of hydrogen-bond donors (Lipinski definition) is 0. The van der Waals surface area contributed by atoms with Crippen LogP contribution in [0.25, 0.3) is 5.83 Å². The number of allylic oxidation sites excluding steroid dienone is 1. The van der Waals surface area contributed by atoms with Gasteiger partial charge in [-0.1, -0.05) is 37.4 Å². The second kappa shape index (κ2) is 9.09. The third-order valence-electron chi connectivity index (χ3n) is 4.53. The van der Waals surface area contributed by atoms with Gasteiger partial charge < -0.3 is 4.74 Å². The number of halogens is 4. The lowest BCUT2D eigenvalue weighted by atomic mass is 10.1. The Kier molecular flexibility index (Phi) is 6.54. The lowest BCUT2D eigenvalue weighted by molar-refractivity contribution is 0.441. The van der Waals surface area contributed by atoms with Crippen LogP contribution in [0.1, 0.15) is 16.7 Å². The van der Waals surface area contributed by atoms with Crippen LogP contribution in [0, 0.1) is 11.6 Å². The van der Waals surface area contributed by atoms with Crippen LogP contribution in [0.2, 0.25) is 13.1 Å². The molecule has 1 nitrogen and oxygen atoms in total. The fourth-order valence-corrected chi connectivity index (χ4v) is 4.81. The maximum atomic E-state index is 15.2. The summed E-state index contributed by atoms with van der Waals surface area (Å²) in [7, 11) is -1.81. The maximum absolute atomic E-state index is 15.2. The Hall–Kier alpha value is -2.86. The molecule has 3 rings (SSSR count). The van der Waals surface area contributed by atoms with Gasteiger partial charge in [0.15, 0.2) is 17.4 Å². The number of para-hydroxylation sites is 1. The molecule has 0 bridgehead atoms. The number of ether oxygens (including phenoxy) is 1. The second-order valence-electron chi connectivity index (χ2n) is 7.00. The first-order chi connectivity index (χ1) is 13.9. The highest BCUT2D eigenvalue weighted by Crippen LogP contribution is 2.37. The average molecular weight is 416 g/mol. The van der Waals surface area contributed by atoms with Crippen LogP contribution in [0.5, 0.6) is 11.5 Å². The van der Waals surface area contributed by atoms with E-state index in [1.54, 1.807) is 30.3 Å². The van der Waals surface area contributed by atoms with Crippen molar-refractivity contribution >= 4 is 14.6 Å². The van der Waals surface area contributed by atoms with E-state index < -0.39 is 37.6 Å². The summed E-state index contributed by atoms with van der Waals surface area (Å²) in [6.45, 7) is 3.76. The Morgan fingerprint density at radius 1 is 0.862 bits per heavy atom. The molecule has 6 heteroatoms. The molecule has 3 aromatic carbocycles.